The van der Waals surface area contributed by atoms with Crippen LogP contribution in [0.1, 0.15) is 37.3 Å². The van der Waals surface area contributed by atoms with Gasteiger partial charge in [0.05, 0.1) is 5.56 Å². The predicted molar refractivity (Wildman–Crippen MR) is 114 cm³/mol. The zero-order valence-electron chi connectivity index (χ0n) is 18.7. The van der Waals surface area contributed by atoms with Crippen LogP contribution in [0.3, 0.4) is 0 Å². The lowest BCUT2D eigenvalue weighted by atomic mass is 9.97. The van der Waals surface area contributed by atoms with Gasteiger partial charge in [-0.3, -0.25) is 0 Å². The van der Waals surface area contributed by atoms with E-state index in [0.717, 1.165) is 31.2 Å². The Kier molecular flexibility index (Phi) is 8.31. The number of halogens is 8. The van der Waals surface area contributed by atoms with Gasteiger partial charge in [0.25, 0.3) is 0 Å². The van der Waals surface area contributed by atoms with E-state index in [0.29, 0.717) is 0 Å². The van der Waals surface area contributed by atoms with E-state index >= 15 is 4.39 Å². The standard InChI is InChI=1S/C25H20F8O3/c1-2-3-4-5-13-6-8-14(9-7-13)20-19(34)12-16(26)21(22(20)29)25(32,33)36-15-10-17(27)23(18(28)11-15)35-24(30)31/h6-12,24,34H,2-5H2,1H3. The van der Waals surface area contributed by atoms with Gasteiger partial charge in [-0.25, -0.2) is 17.6 Å². The zero-order chi connectivity index (χ0) is 26.6. The van der Waals surface area contributed by atoms with Gasteiger partial charge in [0.1, 0.15) is 22.9 Å². The summed E-state index contributed by atoms with van der Waals surface area (Å²) in [6.45, 7) is -1.57. The minimum Gasteiger partial charge on any atom is -0.507 e. The molecule has 3 aromatic carbocycles. The number of alkyl halides is 4. The number of rotatable bonds is 10. The van der Waals surface area contributed by atoms with Crippen molar-refractivity contribution in [2.75, 3.05) is 0 Å². The molecule has 0 atom stereocenters. The molecule has 11 heteroatoms. The fourth-order valence-electron chi connectivity index (χ4n) is 3.56. The topological polar surface area (TPSA) is 38.7 Å². The molecule has 194 valence electrons. The first-order valence-electron chi connectivity index (χ1n) is 10.8. The van der Waals surface area contributed by atoms with E-state index in [1.165, 1.54) is 12.1 Å². The first-order chi connectivity index (χ1) is 16.9. The molecule has 0 radical (unpaired) electrons. The Bertz CT molecular complexity index is 1190. The molecule has 0 aromatic heterocycles. The highest BCUT2D eigenvalue weighted by Gasteiger charge is 2.43. The quantitative estimate of drug-likeness (QED) is 0.217. The number of hydrogen-bond donors (Lipinski definition) is 1. The van der Waals surface area contributed by atoms with E-state index in [-0.39, 0.29) is 23.8 Å². The number of benzene rings is 3. The molecule has 0 aliphatic carbocycles. The first-order valence-corrected chi connectivity index (χ1v) is 10.8. The summed E-state index contributed by atoms with van der Waals surface area (Å²) in [5.74, 6) is -11.2. The van der Waals surface area contributed by atoms with E-state index in [4.69, 9.17) is 0 Å². The van der Waals surface area contributed by atoms with Crippen molar-refractivity contribution in [3.63, 3.8) is 0 Å². The fraction of sp³-hybridized carbons (Fsp3) is 0.280. The van der Waals surface area contributed by atoms with Gasteiger partial charge in [0, 0.05) is 18.2 Å². The molecule has 0 heterocycles. The lowest BCUT2D eigenvalue weighted by Gasteiger charge is -2.21. The highest BCUT2D eigenvalue weighted by molar-refractivity contribution is 5.72. The van der Waals surface area contributed by atoms with Gasteiger partial charge in [-0.2, -0.15) is 17.6 Å². The van der Waals surface area contributed by atoms with Crippen LogP contribution >= 0.6 is 0 Å². The molecule has 0 aliphatic heterocycles. The molecule has 0 amide bonds. The average Bonchev–Trinajstić information content (AvgIpc) is 2.76. The molecule has 3 rings (SSSR count). The van der Waals surface area contributed by atoms with Gasteiger partial charge in [-0.05, 0) is 24.0 Å². The third-order valence-corrected chi connectivity index (χ3v) is 5.22. The summed E-state index contributed by atoms with van der Waals surface area (Å²) < 4.78 is 119. The maximum atomic E-state index is 15.2. The Balaban J connectivity index is 1.96. The molecule has 0 unspecified atom stereocenters. The fourth-order valence-corrected chi connectivity index (χ4v) is 3.56. The minimum absolute atomic E-state index is 0.0353. The molecular weight excluding hydrogens is 500 g/mol. The van der Waals surface area contributed by atoms with Gasteiger partial charge in [-0.1, -0.05) is 44.0 Å². The van der Waals surface area contributed by atoms with E-state index in [2.05, 4.69) is 9.47 Å². The second-order valence-corrected chi connectivity index (χ2v) is 7.81. The number of phenolic OH excluding ortho intramolecular Hbond substituents is 1. The Morgan fingerprint density at radius 2 is 1.50 bits per heavy atom. The molecule has 36 heavy (non-hydrogen) atoms. The van der Waals surface area contributed by atoms with Gasteiger partial charge in [0.2, 0.25) is 0 Å². The van der Waals surface area contributed by atoms with Crippen LogP contribution in [0, 0.1) is 23.3 Å². The zero-order valence-corrected chi connectivity index (χ0v) is 18.7. The summed E-state index contributed by atoms with van der Waals surface area (Å²) in [5.41, 5.74) is -1.83. The van der Waals surface area contributed by atoms with Crippen molar-refractivity contribution in [2.45, 2.75) is 45.3 Å². The smallest absolute Gasteiger partial charge is 0.432 e. The monoisotopic (exact) mass is 520 g/mol. The highest BCUT2D eigenvalue weighted by Crippen LogP contribution is 2.43. The largest absolute Gasteiger partial charge is 0.507 e. The summed E-state index contributed by atoms with van der Waals surface area (Å²) in [6.07, 6.45) is -1.23. The molecule has 3 nitrogen and oxygen atoms in total. The molecule has 1 N–H and O–H groups in total. The van der Waals surface area contributed by atoms with Crippen molar-refractivity contribution >= 4 is 0 Å². The van der Waals surface area contributed by atoms with Crippen molar-refractivity contribution in [1.82, 2.24) is 0 Å². The van der Waals surface area contributed by atoms with Gasteiger partial charge >= 0.3 is 12.7 Å². The summed E-state index contributed by atoms with van der Waals surface area (Å²) in [6, 6.07) is 6.37. The second-order valence-electron chi connectivity index (χ2n) is 7.81. The van der Waals surface area contributed by atoms with Crippen LogP contribution in [-0.4, -0.2) is 11.7 Å². The molecule has 3 aromatic rings. The SMILES string of the molecule is CCCCCc1ccc(-c2c(O)cc(F)c(C(F)(F)Oc3cc(F)c(OC(F)F)c(F)c3)c2F)cc1. The van der Waals surface area contributed by atoms with E-state index < -0.39 is 64.4 Å². The summed E-state index contributed by atoms with van der Waals surface area (Å²) in [7, 11) is 0. The Hall–Kier alpha value is -3.50. The van der Waals surface area contributed by atoms with E-state index in [9.17, 15) is 35.8 Å². The van der Waals surface area contributed by atoms with Crippen LogP contribution in [0.15, 0.2) is 42.5 Å². The first kappa shape index (κ1) is 27.1. The highest BCUT2D eigenvalue weighted by atomic mass is 19.3. The molecule has 0 saturated carbocycles. The van der Waals surface area contributed by atoms with Crippen LogP contribution in [0.2, 0.25) is 0 Å². The van der Waals surface area contributed by atoms with Crippen LogP contribution in [0.4, 0.5) is 35.1 Å². The number of aryl methyl sites for hydroxylation is 1. The maximum Gasteiger partial charge on any atom is 0.432 e. The van der Waals surface area contributed by atoms with Gasteiger partial charge < -0.3 is 14.6 Å². The lowest BCUT2D eigenvalue weighted by Crippen LogP contribution is -2.25. The van der Waals surface area contributed by atoms with Crippen LogP contribution in [0.25, 0.3) is 11.1 Å². The lowest BCUT2D eigenvalue weighted by molar-refractivity contribution is -0.189. The van der Waals surface area contributed by atoms with Crippen LogP contribution < -0.4 is 9.47 Å². The molecule has 0 aliphatic rings. The number of hydrogen-bond acceptors (Lipinski definition) is 3. The van der Waals surface area contributed by atoms with Crippen molar-refractivity contribution in [3.05, 3.63) is 76.9 Å². The van der Waals surface area contributed by atoms with Gasteiger partial charge in [0.15, 0.2) is 23.2 Å². The van der Waals surface area contributed by atoms with Crippen LogP contribution in [-0.2, 0) is 12.5 Å². The third-order valence-electron chi connectivity index (χ3n) is 5.22. The van der Waals surface area contributed by atoms with E-state index in [1.807, 2.05) is 6.92 Å². The normalized spacial score (nSPS) is 11.7. The van der Waals surface area contributed by atoms with Gasteiger partial charge in [-0.15, -0.1) is 0 Å². The molecule has 0 bridgehead atoms. The summed E-state index contributed by atoms with van der Waals surface area (Å²) in [5, 5.41) is 10.1. The van der Waals surface area contributed by atoms with Crippen molar-refractivity contribution in [3.8, 4) is 28.4 Å². The number of unbranched alkanes of at least 4 members (excludes halogenated alkanes) is 2. The predicted octanol–water partition coefficient (Wildman–Crippen LogP) is 8.08. The second kappa shape index (κ2) is 11.0. The average molecular weight is 520 g/mol. The molecule has 0 fully saturated rings. The Morgan fingerprint density at radius 1 is 0.889 bits per heavy atom. The molecular formula is C25H20F8O3. The molecule has 0 spiro atoms. The Labute approximate surface area is 200 Å². The number of aromatic hydroxyl groups is 1. The van der Waals surface area contributed by atoms with Crippen LogP contribution in [0.5, 0.6) is 17.2 Å². The molecule has 0 saturated heterocycles. The van der Waals surface area contributed by atoms with Crippen molar-refractivity contribution < 1.29 is 49.7 Å². The van der Waals surface area contributed by atoms with Crippen molar-refractivity contribution in [1.29, 1.82) is 0 Å². The summed E-state index contributed by atoms with van der Waals surface area (Å²) >= 11 is 0. The summed E-state index contributed by atoms with van der Waals surface area (Å²) in [4.78, 5) is 0. The maximum absolute atomic E-state index is 15.2. The number of phenols is 1. The Morgan fingerprint density at radius 3 is 2.06 bits per heavy atom. The third kappa shape index (κ3) is 6.00. The number of ether oxygens (including phenoxy) is 2. The van der Waals surface area contributed by atoms with E-state index in [1.54, 1.807) is 12.1 Å². The van der Waals surface area contributed by atoms with Crippen molar-refractivity contribution in [2.24, 2.45) is 0 Å². The minimum atomic E-state index is -4.83.